The van der Waals surface area contributed by atoms with Crippen LogP contribution in [0.5, 0.6) is 0 Å². The molecular weight excluding hydrogens is 257 g/mol. The Hall–Kier alpha value is -0.870. The number of carbonyl (C=O) groups excluding carboxylic acids is 2. The first-order chi connectivity index (χ1) is 6.11. The van der Waals surface area contributed by atoms with Gasteiger partial charge in [-0.2, -0.15) is 0 Å². The minimum atomic E-state index is -0.613. The molecule has 2 rings (SSSR count). The lowest BCUT2D eigenvalue weighted by Crippen LogP contribution is -2.12. The Morgan fingerprint density at radius 3 is 2.69 bits per heavy atom. The number of carbonyl (C=O) groups is 2. The highest BCUT2D eigenvalue weighted by Gasteiger charge is 2.30. The second kappa shape index (κ2) is 2.82. The highest BCUT2D eigenvalue weighted by Crippen LogP contribution is 2.36. The molecule has 0 spiro atoms. The summed E-state index contributed by atoms with van der Waals surface area (Å²) in [7, 11) is 0. The van der Waals surface area contributed by atoms with Crippen molar-refractivity contribution in [1.29, 1.82) is 0 Å². The van der Waals surface area contributed by atoms with E-state index in [1.807, 2.05) is 0 Å². The molecule has 0 unspecified atom stereocenters. The first-order valence-electron chi connectivity index (χ1n) is 3.45. The fourth-order valence-corrected chi connectivity index (χ4v) is 1.76. The van der Waals surface area contributed by atoms with E-state index in [0.717, 1.165) is 0 Å². The molecule has 1 aliphatic rings. The predicted molar refractivity (Wildman–Crippen MR) is 52.1 cm³/mol. The van der Waals surface area contributed by atoms with E-state index in [1.165, 1.54) is 6.07 Å². The Labute approximate surface area is 87.2 Å². The molecule has 1 aromatic carbocycles. The average Bonchev–Trinajstić information content (AvgIpc) is 2.38. The molecule has 0 saturated heterocycles. The van der Waals surface area contributed by atoms with Crippen LogP contribution < -0.4 is 5.32 Å². The molecule has 0 bridgehead atoms. The van der Waals surface area contributed by atoms with Crippen LogP contribution in [-0.2, 0) is 4.79 Å². The van der Waals surface area contributed by atoms with Crippen LogP contribution in [0.15, 0.2) is 16.6 Å². The quantitative estimate of drug-likeness (QED) is 0.727. The summed E-state index contributed by atoms with van der Waals surface area (Å²) in [5.74, 6) is -1.13. The molecule has 0 atom stereocenters. The molecule has 0 radical (unpaired) electrons. The topological polar surface area (TPSA) is 46.2 Å². The number of ketones is 1. The third-order valence-electron chi connectivity index (χ3n) is 1.78. The van der Waals surface area contributed by atoms with E-state index in [2.05, 4.69) is 21.2 Å². The number of benzene rings is 1. The molecule has 0 fully saturated rings. The summed E-state index contributed by atoms with van der Waals surface area (Å²) in [5, 5.41) is 2.90. The summed E-state index contributed by atoms with van der Waals surface area (Å²) < 4.78 is 0.547. The van der Waals surface area contributed by atoms with Crippen molar-refractivity contribution in [2.75, 3.05) is 5.32 Å². The van der Waals surface area contributed by atoms with E-state index in [1.54, 1.807) is 6.07 Å². The van der Waals surface area contributed by atoms with Gasteiger partial charge in [0.2, 0.25) is 0 Å². The zero-order valence-corrected chi connectivity index (χ0v) is 8.57. The Morgan fingerprint density at radius 1 is 1.31 bits per heavy atom. The van der Waals surface area contributed by atoms with Gasteiger partial charge in [0.1, 0.15) is 0 Å². The zero-order valence-electron chi connectivity index (χ0n) is 6.23. The number of nitrogens with one attached hydrogen (secondary N) is 1. The first kappa shape index (κ1) is 8.72. The summed E-state index contributed by atoms with van der Waals surface area (Å²) >= 11 is 8.97. The van der Waals surface area contributed by atoms with Gasteiger partial charge in [-0.15, -0.1) is 0 Å². The molecule has 0 aromatic heterocycles. The van der Waals surface area contributed by atoms with Crippen LogP contribution in [0.4, 0.5) is 5.69 Å². The van der Waals surface area contributed by atoms with Gasteiger partial charge < -0.3 is 5.32 Å². The van der Waals surface area contributed by atoms with E-state index in [4.69, 9.17) is 11.6 Å². The highest BCUT2D eigenvalue weighted by atomic mass is 79.9. The molecule has 0 aliphatic carbocycles. The molecule has 0 saturated carbocycles. The van der Waals surface area contributed by atoms with Gasteiger partial charge in [-0.3, -0.25) is 9.59 Å². The monoisotopic (exact) mass is 259 g/mol. The summed E-state index contributed by atoms with van der Waals surface area (Å²) in [5.41, 5.74) is 0.823. The number of fused-ring (bicyclic) bond motifs is 1. The van der Waals surface area contributed by atoms with E-state index < -0.39 is 11.7 Å². The van der Waals surface area contributed by atoms with Crippen LogP contribution in [-0.4, -0.2) is 11.7 Å². The molecule has 13 heavy (non-hydrogen) atoms. The summed E-state index contributed by atoms with van der Waals surface area (Å²) in [6.45, 7) is 0. The number of amides is 1. The molecule has 1 amide bonds. The lowest BCUT2D eigenvalue weighted by molar-refractivity contribution is -0.112. The van der Waals surface area contributed by atoms with Crippen LogP contribution in [0.1, 0.15) is 10.4 Å². The van der Waals surface area contributed by atoms with Crippen LogP contribution >= 0.6 is 27.5 Å². The summed E-state index contributed by atoms with van der Waals surface area (Å²) in [6.07, 6.45) is 0. The summed E-state index contributed by atoms with van der Waals surface area (Å²) in [6, 6.07) is 3.10. The Kier molecular flexibility index (Phi) is 1.89. The van der Waals surface area contributed by atoms with Crippen LogP contribution in [0, 0.1) is 0 Å². The second-order valence-electron chi connectivity index (χ2n) is 2.57. The van der Waals surface area contributed by atoms with Crippen molar-refractivity contribution >= 4 is 44.9 Å². The Bertz CT molecular complexity index is 430. The fourth-order valence-electron chi connectivity index (χ4n) is 1.15. The van der Waals surface area contributed by atoms with Gasteiger partial charge in [0, 0.05) is 0 Å². The van der Waals surface area contributed by atoms with Crippen LogP contribution in [0.2, 0.25) is 5.02 Å². The minimum absolute atomic E-state index is 0.362. The average molecular weight is 260 g/mol. The SMILES string of the molecule is O=C1Nc2c(ccc(Cl)c2Br)C1=O. The van der Waals surface area contributed by atoms with Gasteiger partial charge in [-0.1, -0.05) is 11.6 Å². The molecule has 1 N–H and O–H groups in total. The first-order valence-corrected chi connectivity index (χ1v) is 4.62. The second-order valence-corrected chi connectivity index (χ2v) is 3.77. The maximum atomic E-state index is 11.2. The molecule has 5 heteroatoms. The Balaban J connectivity index is 2.70. The van der Waals surface area contributed by atoms with Gasteiger partial charge in [-0.05, 0) is 28.1 Å². The maximum Gasteiger partial charge on any atom is 0.296 e. The number of Topliss-reactive ketones (excluding diaryl/α,β-unsaturated/α-hetero) is 1. The lowest BCUT2D eigenvalue weighted by atomic mass is 10.1. The molecule has 1 heterocycles. The zero-order chi connectivity index (χ0) is 9.59. The van der Waals surface area contributed by atoms with Crippen molar-refractivity contribution in [3.63, 3.8) is 0 Å². The normalized spacial score (nSPS) is 14.3. The maximum absolute atomic E-state index is 11.2. The largest absolute Gasteiger partial charge is 0.317 e. The third-order valence-corrected chi connectivity index (χ3v) is 3.15. The predicted octanol–water partition coefficient (Wildman–Crippen LogP) is 2.24. The molecule has 3 nitrogen and oxygen atoms in total. The molecule has 66 valence electrons. The van der Waals surface area contributed by atoms with E-state index in [9.17, 15) is 9.59 Å². The van der Waals surface area contributed by atoms with Crippen molar-refractivity contribution < 1.29 is 9.59 Å². The lowest BCUT2D eigenvalue weighted by Gasteiger charge is -2.01. The third kappa shape index (κ3) is 1.17. The van der Waals surface area contributed by atoms with Gasteiger partial charge in [0.15, 0.2) is 0 Å². The van der Waals surface area contributed by atoms with Gasteiger partial charge in [0.25, 0.3) is 11.7 Å². The van der Waals surface area contributed by atoms with E-state index >= 15 is 0 Å². The highest BCUT2D eigenvalue weighted by molar-refractivity contribution is 9.10. The van der Waals surface area contributed by atoms with Crippen LogP contribution in [0.3, 0.4) is 0 Å². The van der Waals surface area contributed by atoms with Gasteiger partial charge >= 0.3 is 0 Å². The minimum Gasteiger partial charge on any atom is -0.317 e. The van der Waals surface area contributed by atoms with Crippen molar-refractivity contribution in [2.24, 2.45) is 0 Å². The molecular formula is C8H3BrClNO2. The summed E-state index contributed by atoms with van der Waals surface area (Å²) in [4.78, 5) is 22.2. The number of rotatable bonds is 0. The van der Waals surface area contributed by atoms with E-state index in [-0.39, 0.29) is 0 Å². The number of halogens is 2. The van der Waals surface area contributed by atoms with Crippen molar-refractivity contribution in [1.82, 2.24) is 0 Å². The number of hydrogen-bond donors (Lipinski definition) is 1. The number of hydrogen-bond acceptors (Lipinski definition) is 2. The van der Waals surface area contributed by atoms with Crippen molar-refractivity contribution in [3.8, 4) is 0 Å². The van der Waals surface area contributed by atoms with E-state index in [0.29, 0.717) is 20.7 Å². The smallest absolute Gasteiger partial charge is 0.296 e. The standard InChI is InChI=1S/C8H3BrClNO2/c9-5-4(10)2-1-3-6(5)11-8(13)7(3)12/h1-2H,(H,11,12,13). The van der Waals surface area contributed by atoms with Crippen molar-refractivity contribution in [2.45, 2.75) is 0 Å². The number of anilines is 1. The molecule has 1 aromatic rings. The van der Waals surface area contributed by atoms with Crippen LogP contribution in [0.25, 0.3) is 0 Å². The van der Waals surface area contributed by atoms with Gasteiger partial charge in [0.05, 0.1) is 20.7 Å². The fraction of sp³-hybridized carbons (Fsp3) is 0. The molecule has 1 aliphatic heterocycles. The van der Waals surface area contributed by atoms with Gasteiger partial charge in [-0.25, -0.2) is 0 Å². The Morgan fingerprint density at radius 2 is 2.00 bits per heavy atom. The van der Waals surface area contributed by atoms with Crippen molar-refractivity contribution in [3.05, 3.63) is 27.2 Å².